The topological polar surface area (TPSA) is 46.9 Å². The van der Waals surface area contributed by atoms with Gasteiger partial charge in [0.25, 0.3) is 5.91 Å². The highest BCUT2D eigenvalue weighted by Gasteiger charge is 2.19. The second kappa shape index (κ2) is 3.35. The predicted octanol–water partition coefficient (Wildman–Crippen LogP) is 2.15. The van der Waals surface area contributed by atoms with Crippen molar-refractivity contribution in [3.63, 3.8) is 0 Å². The summed E-state index contributed by atoms with van der Waals surface area (Å²) in [5.74, 6) is 0.221. The van der Waals surface area contributed by atoms with Gasteiger partial charge in [0.2, 0.25) is 0 Å². The van der Waals surface area contributed by atoms with Crippen LogP contribution in [0.1, 0.15) is 16.2 Å². The minimum absolute atomic E-state index is 0.203. The molecule has 4 nitrogen and oxygen atoms in total. The highest BCUT2D eigenvalue weighted by Crippen LogP contribution is 2.25. The largest absolute Gasteiger partial charge is 0.322 e. The zero-order valence-electron chi connectivity index (χ0n) is 8.27. The first-order valence-electron chi connectivity index (χ1n) is 4.85. The second-order valence-electron chi connectivity index (χ2n) is 3.63. The van der Waals surface area contributed by atoms with Gasteiger partial charge < -0.3 is 9.88 Å². The summed E-state index contributed by atoms with van der Waals surface area (Å²) in [6, 6.07) is 5.47. The molecule has 0 aliphatic carbocycles. The van der Waals surface area contributed by atoms with Gasteiger partial charge in [-0.15, -0.1) is 0 Å². The number of nitrogens with one attached hydrogen (secondary N) is 1. The van der Waals surface area contributed by atoms with Crippen molar-refractivity contribution in [3.05, 3.63) is 47.0 Å². The van der Waals surface area contributed by atoms with Crippen LogP contribution in [0.3, 0.4) is 0 Å². The molecule has 0 unspecified atom stereocenters. The molecule has 0 saturated carbocycles. The average molecular weight is 234 g/mol. The smallest absolute Gasteiger partial charge is 0.291 e. The molecular formula is C11H8ClN3O. The fraction of sp³-hybridized carbons (Fsp3) is 0.0909. The third-order valence-electron chi connectivity index (χ3n) is 2.58. The Morgan fingerprint density at radius 1 is 1.44 bits per heavy atom. The van der Waals surface area contributed by atoms with Crippen molar-refractivity contribution < 1.29 is 4.79 Å². The molecule has 0 atom stereocenters. The number of imidazole rings is 1. The minimum atomic E-state index is -0.203. The van der Waals surface area contributed by atoms with Gasteiger partial charge in [-0.1, -0.05) is 17.7 Å². The molecule has 0 spiro atoms. The van der Waals surface area contributed by atoms with Crippen molar-refractivity contribution in [2.24, 2.45) is 0 Å². The van der Waals surface area contributed by atoms with Gasteiger partial charge in [-0.3, -0.25) is 4.79 Å². The summed E-state index contributed by atoms with van der Waals surface area (Å²) in [5.41, 5.74) is 1.78. The number of hydrogen-bond donors (Lipinski definition) is 1. The lowest BCUT2D eigenvalue weighted by molar-refractivity contribution is 0.101. The molecule has 1 aromatic heterocycles. The number of amides is 1. The Morgan fingerprint density at radius 2 is 2.31 bits per heavy atom. The van der Waals surface area contributed by atoms with Crippen LogP contribution in [0.4, 0.5) is 5.69 Å². The number of aromatic nitrogens is 2. The van der Waals surface area contributed by atoms with Gasteiger partial charge in [0.1, 0.15) is 0 Å². The lowest BCUT2D eigenvalue weighted by Crippen LogP contribution is -2.14. The fourth-order valence-electron chi connectivity index (χ4n) is 1.81. The van der Waals surface area contributed by atoms with Gasteiger partial charge in [0.15, 0.2) is 5.82 Å². The molecule has 1 aliphatic rings. The van der Waals surface area contributed by atoms with Crippen LogP contribution in [-0.2, 0) is 6.54 Å². The number of halogens is 1. The normalized spacial score (nSPS) is 13.7. The zero-order valence-corrected chi connectivity index (χ0v) is 9.03. The average Bonchev–Trinajstić information content (AvgIpc) is 2.65. The van der Waals surface area contributed by atoms with E-state index in [9.17, 15) is 4.79 Å². The molecule has 0 bridgehead atoms. The number of carbonyl (C=O) groups excluding carboxylic acids is 1. The van der Waals surface area contributed by atoms with E-state index in [1.54, 1.807) is 18.5 Å². The number of carbonyl (C=O) groups is 1. The van der Waals surface area contributed by atoms with Crippen LogP contribution in [0, 0.1) is 0 Å². The first-order chi connectivity index (χ1) is 7.74. The Bertz CT molecular complexity index is 576. The molecule has 1 aromatic carbocycles. The highest BCUT2D eigenvalue weighted by molar-refractivity contribution is 6.31. The van der Waals surface area contributed by atoms with Crippen LogP contribution in [0.5, 0.6) is 0 Å². The molecule has 5 heteroatoms. The van der Waals surface area contributed by atoms with Gasteiger partial charge in [-0.2, -0.15) is 0 Å². The molecule has 0 saturated heterocycles. The number of hydrogen-bond acceptors (Lipinski definition) is 2. The van der Waals surface area contributed by atoms with Gasteiger partial charge in [0.05, 0.1) is 6.54 Å². The van der Waals surface area contributed by atoms with E-state index >= 15 is 0 Å². The molecule has 16 heavy (non-hydrogen) atoms. The molecule has 1 amide bonds. The third kappa shape index (κ3) is 1.39. The Balaban J connectivity index is 2.16. The van der Waals surface area contributed by atoms with Crippen LogP contribution in [-0.4, -0.2) is 15.5 Å². The quantitative estimate of drug-likeness (QED) is 0.758. The minimum Gasteiger partial charge on any atom is -0.322 e. The zero-order chi connectivity index (χ0) is 11.1. The van der Waals surface area contributed by atoms with E-state index in [2.05, 4.69) is 10.3 Å². The maximum absolute atomic E-state index is 11.8. The summed E-state index contributed by atoms with van der Waals surface area (Å²) in [7, 11) is 0. The number of nitrogens with zero attached hydrogens (tertiary/aromatic N) is 2. The van der Waals surface area contributed by atoms with Crippen LogP contribution in [0.2, 0.25) is 5.02 Å². The summed E-state index contributed by atoms with van der Waals surface area (Å²) in [4.78, 5) is 15.8. The number of anilines is 1. The Kier molecular flexibility index (Phi) is 1.97. The van der Waals surface area contributed by atoms with E-state index in [1.807, 2.05) is 16.7 Å². The van der Waals surface area contributed by atoms with E-state index in [0.717, 1.165) is 11.3 Å². The van der Waals surface area contributed by atoms with Crippen molar-refractivity contribution in [2.45, 2.75) is 6.54 Å². The number of benzene rings is 1. The Hall–Kier alpha value is -1.81. The van der Waals surface area contributed by atoms with Crippen molar-refractivity contribution in [1.82, 2.24) is 9.55 Å². The SMILES string of the molecule is O=C1Nc2cc(Cl)ccc2Cn2ccnc21. The summed E-state index contributed by atoms with van der Waals surface area (Å²) in [6.07, 6.45) is 3.41. The highest BCUT2D eigenvalue weighted by atomic mass is 35.5. The van der Waals surface area contributed by atoms with Crippen molar-refractivity contribution >= 4 is 23.2 Å². The molecule has 3 rings (SSSR count). The predicted molar refractivity (Wildman–Crippen MR) is 60.7 cm³/mol. The first kappa shape index (κ1) is 9.42. The van der Waals surface area contributed by atoms with Crippen LogP contribution in [0.15, 0.2) is 30.6 Å². The fourth-order valence-corrected chi connectivity index (χ4v) is 1.98. The summed E-state index contributed by atoms with van der Waals surface area (Å²) in [5, 5.41) is 3.41. The van der Waals surface area contributed by atoms with Crippen LogP contribution in [0.25, 0.3) is 0 Å². The molecular weight excluding hydrogens is 226 g/mol. The molecule has 2 aromatic rings. The van der Waals surface area contributed by atoms with Gasteiger partial charge in [-0.05, 0) is 17.7 Å². The van der Waals surface area contributed by atoms with E-state index in [-0.39, 0.29) is 5.91 Å². The molecule has 0 radical (unpaired) electrons. The standard InChI is InChI=1S/C11H8ClN3O/c12-8-2-1-7-6-15-4-3-13-10(15)11(16)14-9(7)5-8/h1-5H,6H2,(H,14,16). The number of rotatable bonds is 0. The van der Waals surface area contributed by atoms with Crippen molar-refractivity contribution in [3.8, 4) is 0 Å². The van der Waals surface area contributed by atoms with Crippen molar-refractivity contribution in [2.75, 3.05) is 5.32 Å². The Labute approximate surface area is 96.9 Å². The molecule has 0 fully saturated rings. The van der Waals surface area contributed by atoms with E-state index in [0.29, 0.717) is 17.4 Å². The lowest BCUT2D eigenvalue weighted by Gasteiger charge is -2.06. The molecule has 80 valence electrons. The van der Waals surface area contributed by atoms with E-state index in [4.69, 9.17) is 11.6 Å². The molecule has 1 N–H and O–H groups in total. The second-order valence-corrected chi connectivity index (χ2v) is 4.07. The summed E-state index contributed by atoms with van der Waals surface area (Å²) in [6.45, 7) is 0.626. The van der Waals surface area contributed by atoms with Crippen molar-refractivity contribution in [1.29, 1.82) is 0 Å². The maximum Gasteiger partial charge on any atom is 0.291 e. The summed E-state index contributed by atoms with van der Waals surface area (Å²) < 4.78 is 1.81. The lowest BCUT2D eigenvalue weighted by atomic mass is 10.2. The monoisotopic (exact) mass is 233 g/mol. The van der Waals surface area contributed by atoms with Gasteiger partial charge in [-0.25, -0.2) is 4.98 Å². The Morgan fingerprint density at radius 3 is 3.19 bits per heavy atom. The molecule has 2 heterocycles. The molecule has 1 aliphatic heterocycles. The van der Waals surface area contributed by atoms with Crippen LogP contribution < -0.4 is 5.32 Å². The third-order valence-corrected chi connectivity index (χ3v) is 2.81. The van der Waals surface area contributed by atoms with E-state index < -0.39 is 0 Å². The summed E-state index contributed by atoms with van der Waals surface area (Å²) >= 11 is 5.89. The van der Waals surface area contributed by atoms with Crippen LogP contribution >= 0.6 is 11.6 Å². The number of fused-ring (bicyclic) bond motifs is 2. The first-order valence-corrected chi connectivity index (χ1v) is 5.23. The van der Waals surface area contributed by atoms with Gasteiger partial charge in [0, 0.05) is 23.1 Å². The van der Waals surface area contributed by atoms with E-state index in [1.165, 1.54) is 0 Å². The van der Waals surface area contributed by atoms with Gasteiger partial charge >= 0.3 is 0 Å². The maximum atomic E-state index is 11.8.